The quantitative estimate of drug-likeness (QED) is 0.0751. The Labute approximate surface area is 398 Å². The van der Waals surface area contributed by atoms with E-state index in [1.54, 1.807) is 29.2 Å². The number of nitrogens with one attached hydrogen (secondary N) is 3. The molecule has 68 heavy (non-hydrogen) atoms. The van der Waals surface area contributed by atoms with Crippen molar-refractivity contribution in [3.05, 3.63) is 117 Å². The number of hydrogen-bond donors (Lipinski definition) is 3. The average molecular weight is 966 g/mol. The Balaban J connectivity index is 0.885. The highest BCUT2D eigenvalue weighted by Crippen LogP contribution is 2.43. The SMILES string of the molecule is CC1(C)CCC(CN2CCN(c3ccc(C(=O)NS(=O)(=O)c4ccc(NCC5(F)CCN(C6COC6)CC5)c([N+](=O)[O-])c4)c(-n4ncc5nc6[nH]ccc6cc54)c3)CC2)=C(c2ccc(Cl)cc2)C1. The smallest absolute Gasteiger partial charge is 0.293 e. The van der Waals surface area contributed by atoms with Gasteiger partial charge in [-0.1, -0.05) is 43.2 Å². The van der Waals surface area contributed by atoms with Crippen LogP contribution in [-0.4, -0.2) is 126 Å². The maximum atomic E-state index is 15.9. The number of nitrogens with zero attached hydrogens (tertiary/aromatic N) is 7. The first-order chi connectivity index (χ1) is 32.6. The first-order valence-electron chi connectivity index (χ1n) is 23.1. The van der Waals surface area contributed by atoms with Crippen LogP contribution in [0.3, 0.4) is 0 Å². The van der Waals surface area contributed by atoms with Crippen LogP contribution in [0.15, 0.2) is 95.7 Å². The van der Waals surface area contributed by atoms with E-state index in [0.717, 1.165) is 67.1 Å². The molecule has 3 aromatic carbocycles. The minimum Gasteiger partial charge on any atom is -0.378 e. The Morgan fingerprint density at radius 3 is 2.47 bits per heavy atom. The van der Waals surface area contributed by atoms with Crippen molar-refractivity contribution in [2.24, 2.45) is 5.41 Å². The monoisotopic (exact) mass is 964 g/mol. The molecular weight excluding hydrogens is 911 g/mol. The van der Waals surface area contributed by atoms with Crippen LogP contribution in [0.4, 0.5) is 21.5 Å². The largest absolute Gasteiger partial charge is 0.378 e. The van der Waals surface area contributed by atoms with Gasteiger partial charge in [-0.05, 0) is 103 Å². The van der Waals surface area contributed by atoms with Gasteiger partial charge in [0, 0.05) is 80.7 Å². The number of aromatic amines is 1. The molecule has 3 fully saturated rings. The number of alkyl halides is 1. The average Bonchev–Trinajstić information content (AvgIpc) is 3.95. The lowest BCUT2D eigenvalue weighted by Crippen LogP contribution is -2.55. The highest BCUT2D eigenvalue weighted by molar-refractivity contribution is 7.90. The van der Waals surface area contributed by atoms with E-state index in [9.17, 15) is 23.3 Å². The highest BCUT2D eigenvalue weighted by atomic mass is 35.5. The summed E-state index contributed by atoms with van der Waals surface area (Å²) >= 11 is 6.26. The van der Waals surface area contributed by atoms with Crippen LogP contribution < -0.4 is 14.9 Å². The van der Waals surface area contributed by atoms with Gasteiger partial charge >= 0.3 is 0 Å². The molecule has 3 N–H and O–H groups in total. The number of nitro groups is 1. The number of piperazine rings is 1. The van der Waals surface area contributed by atoms with Crippen molar-refractivity contribution in [2.45, 2.75) is 62.6 Å². The van der Waals surface area contributed by atoms with Crippen molar-refractivity contribution < 1.29 is 27.3 Å². The van der Waals surface area contributed by atoms with Crippen LogP contribution in [0.25, 0.3) is 33.3 Å². The number of hydrogen-bond acceptors (Lipinski definition) is 12. The normalized spacial score (nSPS) is 19.3. The molecule has 0 bridgehead atoms. The van der Waals surface area contributed by atoms with Crippen LogP contribution in [0.1, 0.15) is 61.9 Å². The van der Waals surface area contributed by atoms with Gasteiger partial charge in [-0.15, -0.1) is 0 Å². The number of aromatic nitrogens is 4. The van der Waals surface area contributed by atoms with Crippen LogP contribution >= 0.6 is 11.6 Å². The number of halogens is 2. The first kappa shape index (κ1) is 45.8. The van der Waals surface area contributed by atoms with Crippen molar-refractivity contribution in [2.75, 3.05) is 75.8 Å². The molecule has 16 nitrogen and oxygen atoms in total. The van der Waals surface area contributed by atoms with Gasteiger partial charge in [0.1, 0.15) is 22.5 Å². The number of piperidine rings is 1. The number of fused-ring (bicyclic) bond motifs is 2. The van der Waals surface area contributed by atoms with E-state index in [1.165, 1.54) is 22.8 Å². The molecule has 356 valence electrons. The number of carbonyl (C=O) groups is 1. The van der Waals surface area contributed by atoms with Crippen LogP contribution in [0.2, 0.25) is 5.02 Å². The summed E-state index contributed by atoms with van der Waals surface area (Å²) < 4.78 is 52.7. The number of rotatable bonds is 13. The Bertz CT molecular complexity index is 3050. The standard InChI is InChI=1S/C49H54ClFN10O6S/c1-48(2)13-11-34(40(26-48)32-3-5-35(50)6-4-32)28-57-19-21-59(22-20-57)36-7-9-39(43(24-36)60-44-23-33-12-16-52-46(33)55-42(44)27-54-60)47(62)56-68(65,66)38-8-10-41(45(25-38)61(63)64)53-31-49(51)14-17-58(18-15-49)37-29-67-30-37/h3-10,12,16,23-25,27,37,53H,11,13-15,17-22,26,28-31H2,1-2H3,(H,52,55)(H,56,62). The second kappa shape index (κ2) is 18.2. The van der Waals surface area contributed by atoms with Gasteiger partial charge < -0.3 is 19.9 Å². The minimum atomic E-state index is -4.66. The van der Waals surface area contributed by atoms with Crippen LogP contribution in [0.5, 0.6) is 0 Å². The number of allylic oxidation sites excluding steroid dienone is 1. The maximum Gasteiger partial charge on any atom is 0.293 e. The van der Waals surface area contributed by atoms with Crippen molar-refractivity contribution in [1.82, 2.24) is 34.3 Å². The molecule has 0 saturated carbocycles. The molecule has 1 amide bonds. The van der Waals surface area contributed by atoms with Gasteiger partial charge in [0.25, 0.3) is 21.6 Å². The lowest BCUT2D eigenvalue weighted by atomic mass is 9.72. The van der Waals surface area contributed by atoms with Crippen LogP contribution in [-0.2, 0) is 14.8 Å². The van der Waals surface area contributed by atoms with Crippen molar-refractivity contribution in [3.8, 4) is 5.69 Å². The predicted molar refractivity (Wildman–Crippen MR) is 261 cm³/mol. The molecule has 19 heteroatoms. The molecule has 10 rings (SSSR count). The predicted octanol–water partition coefficient (Wildman–Crippen LogP) is 7.98. The molecule has 3 aromatic heterocycles. The summed E-state index contributed by atoms with van der Waals surface area (Å²) in [4.78, 5) is 40.1. The van der Waals surface area contributed by atoms with E-state index >= 15 is 4.39 Å². The van der Waals surface area contributed by atoms with E-state index in [1.807, 2.05) is 30.3 Å². The van der Waals surface area contributed by atoms with Crippen LogP contribution in [0, 0.1) is 15.5 Å². The number of likely N-dealkylation sites (tertiary alicyclic amines) is 1. The summed E-state index contributed by atoms with van der Waals surface area (Å²) in [6.45, 7) is 10.7. The zero-order chi connectivity index (χ0) is 47.4. The van der Waals surface area contributed by atoms with Gasteiger partial charge in [0.15, 0.2) is 0 Å². The minimum absolute atomic E-state index is 0.00827. The lowest BCUT2D eigenvalue weighted by molar-refractivity contribution is -0.384. The second-order valence-electron chi connectivity index (χ2n) is 19.4. The summed E-state index contributed by atoms with van der Waals surface area (Å²) in [5.41, 5.74) is 5.08. The topological polar surface area (TPSA) is 184 Å². The molecular formula is C49H54ClFN10O6S. The van der Waals surface area contributed by atoms with Crippen molar-refractivity contribution in [3.63, 3.8) is 0 Å². The molecule has 6 heterocycles. The third-order valence-corrected chi connectivity index (χ3v) is 15.8. The zero-order valence-corrected chi connectivity index (χ0v) is 39.6. The highest BCUT2D eigenvalue weighted by Gasteiger charge is 2.39. The Morgan fingerprint density at radius 2 is 1.75 bits per heavy atom. The number of pyridine rings is 1. The molecule has 0 unspecified atom stereocenters. The number of anilines is 2. The van der Waals surface area contributed by atoms with Crippen molar-refractivity contribution in [1.29, 1.82) is 0 Å². The van der Waals surface area contributed by atoms with Crippen molar-refractivity contribution >= 4 is 72.2 Å². The molecule has 3 saturated heterocycles. The van der Waals surface area contributed by atoms with Gasteiger partial charge in [-0.25, -0.2) is 27.2 Å². The molecule has 1 aliphatic carbocycles. The van der Waals surface area contributed by atoms with E-state index in [4.69, 9.17) is 21.3 Å². The van der Waals surface area contributed by atoms with Gasteiger partial charge in [-0.3, -0.25) is 24.7 Å². The molecule has 0 spiro atoms. The number of benzene rings is 3. The Hall–Kier alpha value is -5.92. The summed E-state index contributed by atoms with van der Waals surface area (Å²) in [6, 6.07) is 20.7. The van der Waals surface area contributed by atoms with E-state index < -0.39 is 37.1 Å². The Kier molecular flexibility index (Phi) is 12.3. The number of ether oxygens (including phenoxy) is 1. The number of amides is 1. The summed E-state index contributed by atoms with van der Waals surface area (Å²) in [5, 5.41) is 21.3. The number of H-pyrrole nitrogens is 1. The number of nitro benzene ring substituents is 1. The van der Waals surface area contributed by atoms with Gasteiger partial charge in [0.05, 0.1) is 52.0 Å². The molecule has 0 radical (unpaired) electrons. The number of carbonyl (C=O) groups excluding carboxylic acids is 1. The van der Waals surface area contributed by atoms with E-state index in [0.29, 0.717) is 67.8 Å². The summed E-state index contributed by atoms with van der Waals surface area (Å²) in [6.07, 6.45) is 7.02. The van der Waals surface area contributed by atoms with Gasteiger partial charge in [0.2, 0.25) is 0 Å². The fourth-order valence-electron chi connectivity index (χ4n) is 9.97. The summed E-state index contributed by atoms with van der Waals surface area (Å²) in [7, 11) is -4.66. The fourth-order valence-corrected chi connectivity index (χ4v) is 11.1. The fraction of sp³-hybridized carbons (Fsp3) is 0.408. The van der Waals surface area contributed by atoms with E-state index in [-0.39, 0.29) is 36.1 Å². The maximum absolute atomic E-state index is 15.9. The van der Waals surface area contributed by atoms with E-state index in [2.05, 4.69) is 60.8 Å². The Morgan fingerprint density at radius 1 is 0.985 bits per heavy atom. The molecule has 6 aromatic rings. The third-order valence-electron chi connectivity index (χ3n) is 14.2. The first-order valence-corrected chi connectivity index (χ1v) is 25.0. The molecule has 4 aliphatic rings. The lowest BCUT2D eigenvalue weighted by Gasteiger charge is -2.43. The second-order valence-corrected chi connectivity index (χ2v) is 21.5. The molecule has 0 atom stereocenters. The number of sulfonamides is 1. The molecule has 3 aliphatic heterocycles. The summed E-state index contributed by atoms with van der Waals surface area (Å²) in [5.74, 6) is -0.958. The third kappa shape index (κ3) is 9.44. The van der Waals surface area contributed by atoms with Gasteiger partial charge in [-0.2, -0.15) is 5.10 Å². The zero-order valence-electron chi connectivity index (χ0n) is 38.0.